The normalized spacial score (nSPS) is 11.2. The van der Waals surface area contributed by atoms with Crippen molar-refractivity contribution in [3.63, 3.8) is 0 Å². The molecule has 0 spiro atoms. The van der Waals surface area contributed by atoms with Crippen LogP contribution in [0.2, 0.25) is 0 Å². The number of carbonyl (C=O) groups excluding carboxylic acids is 1. The molecule has 136 valence electrons. The Kier molecular flexibility index (Phi) is 4.37. The molecule has 0 atom stereocenters. The molecule has 0 fully saturated rings. The summed E-state index contributed by atoms with van der Waals surface area (Å²) in [5, 5.41) is 7.72. The van der Waals surface area contributed by atoms with Gasteiger partial charge in [-0.1, -0.05) is 19.0 Å². The Hall–Kier alpha value is -3.55. The van der Waals surface area contributed by atoms with Gasteiger partial charge in [-0.25, -0.2) is 15.0 Å². The first-order valence-corrected chi connectivity index (χ1v) is 8.58. The van der Waals surface area contributed by atoms with E-state index in [0.29, 0.717) is 17.8 Å². The molecule has 0 aromatic carbocycles. The number of rotatable bonds is 5. The Labute approximate surface area is 155 Å². The van der Waals surface area contributed by atoms with Crippen LogP contribution in [-0.2, 0) is 6.54 Å². The zero-order chi connectivity index (χ0) is 18.8. The van der Waals surface area contributed by atoms with Crippen LogP contribution in [0.15, 0.2) is 53.8 Å². The minimum absolute atomic E-state index is 0.185. The molecule has 0 aliphatic carbocycles. The van der Waals surface area contributed by atoms with E-state index in [0.717, 1.165) is 22.5 Å². The lowest BCUT2D eigenvalue weighted by atomic mass is 10.1. The first-order chi connectivity index (χ1) is 13.1. The van der Waals surface area contributed by atoms with Crippen molar-refractivity contribution in [3.05, 3.63) is 66.1 Å². The van der Waals surface area contributed by atoms with Gasteiger partial charge in [0.25, 0.3) is 11.6 Å². The number of hydrogen-bond donors (Lipinski definition) is 1. The van der Waals surface area contributed by atoms with E-state index >= 15 is 0 Å². The minimum Gasteiger partial charge on any atom is -0.348 e. The molecule has 4 heterocycles. The van der Waals surface area contributed by atoms with Gasteiger partial charge in [0.1, 0.15) is 12.1 Å². The van der Waals surface area contributed by atoms with E-state index in [-0.39, 0.29) is 11.8 Å². The summed E-state index contributed by atoms with van der Waals surface area (Å²) in [5.74, 6) is 0.722. The van der Waals surface area contributed by atoms with Gasteiger partial charge in [0, 0.05) is 31.3 Å². The van der Waals surface area contributed by atoms with Gasteiger partial charge in [0.05, 0.1) is 16.6 Å². The molecular formula is C19H18N6O2. The third kappa shape index (κ3) is 3.41. The van der Waals surface area contributed by atoms with E-state index in [4.69, 9.17) is 4.52 Å². The lowest BCUT2D eigenvalue weighted by molar-refractivity contribution is 0.0950. The van der Waals surface area contributed by atoms with E-state index in [9.17, 15) is 4.79 Å². The summed E-state index contributed by atoms with van der Waals surface area (Å²) in [6.07, 6.45) is 8.38. The first kappa shape index (κ1) is 16.9. The molecule has 0 aliphatic heterocycles. The largest absolute Gasteiger partial charge is 0.348 e. The summed E-state index contributed by atoms with van der Waals surface area (Å²) in [5.41, 5.74) is 2.64. The van der Waals surface area contributed by atoms with E-state index < -0.39 is 0 Å². The number of hydrogen-bond acceptors (Lipinski definition) is 6. The maximum Gasteiger partial charge on any atom is 0.257 e. The van der Waals surface area contributed by atoms with E-state index in [1.807, 2.05) is 36.7 Å². The van der Waals surface area contributed by atoms with Crippen LogP contribution in [0, 0.1) is 0 Å². The zero-order valence-corrected chi connectivity index (χ0v) is 15.0. The Balaban J connectivity index is 1.50. The van der Waals surface area contributed by atoms with Crippen molar-refractivity contribution in [2.75, 3.05) is 0 Å². The summed E-state index contributed by atoms with van der Waals surface area (Å²) in [4.78, 5) is 25.1. The number of fused-ring (bicyclic) bond motifs is 1. The summed E-state index contributed by atoms with van der Waals surface area (Å²) < 4.78 is 7.02. The fourth-order valence-corrected chi connectivity index (χ4v) is 2.78. The topological polar surface area (TPSA) is 98.7 Å². The van der Waals surface area contributed by atoms with E-state index in [1.54, 1.807) is 24.8 Å². The highest BCUT2D eigenvalue weighted by atomic mass is 16.5. The molecule has 1 amide bonds. The zero-order valence-electron chi connectivity index (χ0n) is 15.0. The molecule has 0 saturated heterocycles. The summed E-state index contributed by atoms with van der Waals surface area (Å²) >= 11 is 0. The second-order valence-electron chi connectivity index (χ2n) is 6.47. The van der Waals surface area contributed by atoms with Gasteiger partial charge < -0.3 is 9.84 Å². The highest BCUT2D eigenvalue weighted by molar-refractivity contribution is 5.97. The molecule has 4 rings (SSSR count). The van der Waals surface area contributed by atoms with Crippen LogP contribution in [0.5, 0.6) is 0 Å². The lowest BCUT2D eigenvalue weighted by Crippen LogP contribution is -2.23. The van der Waals surface area contributed by atoms with Crippen molar-refractivity contribution in [1.82, 2.24) is 30.0 Å². The number of aromatic nitrogens is 5. The molecule has 0 aliphatic rings. The average Bonchev–Trinajstić information content (AvgIpc) is 3.35. The third-order valence-electron chi connectivity index (χ3n) is 4.20. The van der Waals surface area contributed by atoms with Gasteiger partial charge in [0.2, 0.25) is 0 Å². The van der Waals surface area contributed by atoms with Gasteiger partial charge >= 0.3 is 0 Å². The smallest absolute Gasteiger partial charge is 0.257 e. The SMILES string of the molecule is CC(C)c1noc2ncc(C(=O)NCc3ccnc(-n4ccnc4)c3)cc12. The van der Waals surface area contributed by atoms with Crippen LogP contribution in [0.4, 0.5) is 0 Å². The van der Waals surface area contributed by atoms with Crippen LogP contribution in [0.1, 0.15) is 41.4 Å². The molecule has 0 bridgehead atoms. The van der Waals surface area contributed by atoms with Gasteiger partial charge in [-0.3, -0.25) is 9.36 Å². The number of nitrogens with one attached hydrogen (secondary N) is 1. The standard InChI is InChI=1S/C19H18N6O2/c1-12(2)17-15-8-14(10-23-19(15)27-24-17)18(26)22-9-13-3-4-21-16(7-13)25-6-5-20-11-25/h3-8,10-12H,9H2,1-2H3,(H,22,26). The van der Waals surface area contributed by atoms with Crippen molar-refractivity contribution in [1.29, 1.82) is 0 Å². The van der Waals surface area contributed by atoms with Crippen molar-refractivity contribution in [3.8, 4) is 5.82 Å². The number of imidazole rings is 1. The monoisotopic (exact) mass is 362 g/mol. The Morgan fingerprint density at radius 1 is 1.26 bits per heavy atom. The van der Waals surface area contributed by atoms with Gasteiger partial charge in [0.15, 0.2) is 0 Å². The molecule has 0 radical (unpaired) electrons. The van der Waals surface area contributed by atoms with Crippen molar-refractivity contribution < 1.29 is 9.32 Å². The molecule has 4 aromatic rings. The van der Waals surface area contributed by atoms with Gasteiger partial charge in [-0.15, -0.1) is 0 Å². The minimum atomic E-state index is -0.207. The second-order valence-corrected chi connectivity index (χ2v) is 6.47. The fraction of sp³-hybridized carbons (Fsp3) is 0.211. The number of carbonyl (C=O) groups is 1. The van der Waals surface area contributed by atoms with E-state index in [1.165, 1.54) is 6.20 Å². The summed E-state index contributed by atoms with van der Waals surface area (Å²) in [6.45, 7) is 4.42. The maximum atomic E-state index is 12.5. The van der Waals surface area contributed by atoms with Gasteiger partial charge in [-0.2, -0.15) is 0 Å². The molecule has 8 heteroatoms. The average molecular weight is 362 g/mol. The van der Waals surface area contributed by atoms with Crippen molar-refractivity contribution in [2.24, 2.45) is 0 Å². The predicted octanol–water partition coefficient (Wildman–Crippen LogP) is 2.86. The summed E-state index contributed by atoms with van der Waals surface area (Å²) in [7, 11) is 0. The fourth-order valence-electron chi connectivity index (χ4n) is 2.78. The van der Waals surface area contributed by atoms with Gasteiger partial charge in [-0.05, 0) is 29.7 Å². The number of pyridine rings is 2. The van der Waals surface area contributed by atoms with Crippen LogP contribution in [-0.4, -0.2) is 30.6 Å². The first-order valence-electron chi connectivity index (χ1n) is 8.58. The van der Waals surface area contributed by atoms with Crippen LogP contribution < -0.4 is 5.32 Å². The predicted molar refractivity (Wildman–Crippen MR) is 98.4 cm³/mol. The molecule has 8 nitrogen and oxygen atoms in total. The molecule has 0 saturated carbocycles. The van der Waals surface area contributed by atoms with E-state index in [2.05, 4.69) is 25.4 Å². The van der Waals surface area contributed by atoms with Crippen LogP contribution >= 0.6 is 0 Å². The van der Waals surface area contributed by atoms with Crippen LogP contribution in [0.3, 0.4) is 0 Å². The second kappa shape index (κ2) is 6.99. The van der Waals surface area contributed by atoms with Crippen molar-refractivity contribution in [2.45, 2.75) is 26.3 Å². The summed E-state index contributed by atoms with van der Waals surface area (Å²) in [6, 6.07) is 5.53. The molecule has 27 heavy (non-hydrogen) atoms. The lowest BCUT2D eigenvalue weighted by Gasteiger charge is -2.07. The Morgan fingerprint density at radius 3 is 2.93 bits per heavy atom. The maximum absolute atomic E-state index is 12.5. The quantitative estimate of drug-likeness (QED) is 0.586. The molecule has 1 N–H and O–H groups in total. The molecule has 4 aromatic heterocycles. The number of amides is 1. The van der Waals surface area contributed by atoms with Crippen molar-refractivity contribution >= 4 is 17.0 Å². The number of nitrogens with zero attached hydrogens (tertiary/aromatic N) is 5. The Bertz CT molecular complexity index is 1080. The van der Waals surface area contributed by atoms with Crippen LogP contribution in [0.25, 0.3) is 16.9 Å². The molecular weight excluding hydrogens is 344 g/mol. The highest BCUT2D eigenvalue weighted by Gasteiger charge is 2.15. The third-order valence-corrected chi connectivity index (χ3v) is 4.20. The molecule has 0 unspecified atom stereocenters. The highest BCUT2D eigenvalue weighted by Crippen LogP contribution is 2.24. The Morgan fingerprint density at radius 2 is 2.15 bits per heavy atom.